The van der Waals surface area contributed by atoms with Crippen LogP contribution < -0.4 is 15.4 Å². The van der Waals surface area contributed by atoms with E-state index in [9.17, 15) is 9.59 Å². The van der Waals surface area contributed by atoms with Gasteiger partial charge in [0.05, 0.1) is 24.4 Å². The Bertz CT molecular complexity index is 795. The highest BCUT2D eigenvalue weighted by Crippen LogP contribution is 2.24. The molecular weight excluding hydrogens is 344 g/mol. The van der Waals surface area contributed by atoms with Gasteiger partial charge in [0, 0.05) is 0 Å². The largest absolute Gasteiger partial charge is 0.491 e. The van der Waals surface area contributed by atoms with Gasteiger partial charge in [-0.2, -0.15) is 0 Å². The molecule has 0 aliphatic heterocycles. The molecule has 2 N–H and O–H groups in total. The van der Waals surface area contributed by atoms with Crippen molar-refractivity contribution in [3.63, 3.8) is 0 Å². The van der Waals surface area contributed by atoms with Gasteiger partial charge in [0.15, 0.2) is 0 Å². The molecule has 0 saturated heterocycles. The number of benzene rings is 2. The lowest BCUT2D eigenvalue weighted by Gasteiger charge is -2.14. The molecule has 0 aromatic heterocycles. The molecule has 0 fully saturated rings. The Morgan fingerprint density at radius 2 is 1.70 bits per heavy atom. The van der Waals surface area contributed by atoms with Crippen LogP contribution in [0.25, 0.3) is 0 Å². The van der Waals surface area contributed by atoms with Crippen molar-refractivity contribution in [2.24, 2.45) is 0 Å². The second-order valence-corrected chi connectivity index (χ2v) is 6.22. The summed E-state index contributed by atoms with van der Waals surface area (Å²) in [4.78, 5) is 24.0. The average Bonchev–Trinajstić information content (AvgIpc) is 2.61. The summed E-state index contributed by atoms with van der Waals surface area (Å²) in [6.07, 6.45) is 0. The number of rotatable bonds is 7. The fourth-order valence-corrected chi connectivity index (χ4v) is 2.86. The van der Waals surface area contributed by atoms with Crippen molar-refractivity contribution in [3.05, 3.63) is 58.7 Å². The van der Waals surface area contributed by atoms with E-state index in [1.165, 1.54) is 5.56 Å². The van der Waals surface area contributed by atoms with Crippen LogP contribution in [0.2, 0.25) is 0 Å². The number of ether oxygens (including phenoxy) is 2. The van der Waals surface area contributed by atoms with Crippen LogP contribution in [0.1, 0.15) is 34.0 Å². The number of anilines is 1. The summed E-state index contributed by atoms with van der Waals surface area (Å²) in [7, 11) is 0. The Morgan fingerprint density at radius 1 is 1.04 bits per heavy atom. The Kier molecular flexibility index (Phi) is 7.23. The Morgan fingerprint density at radius 3 is 2.37 bits per heavy atom. The number of hydrogen-bond acceptors (Lipinski definition) is 4. The topological polar surface area (TPSA) is 76.7 Å². The molecule has 27 heavy (non-hydrogen) atoms. The van der Waals surface area contributed by atoms with E-state index in [-0.39, 0.29) is 6.61 Å². The molecule has 0 bridgehead atoms. The molecule has 2 rings (SSSR count). The molecule has 2 aromatic carbocycles. The number of esters is 1. The molecule has 144 valence electrons. The number of aryl methyl sites for hydroxylation is 3. The first kappa shape index (κ1) is 20.3. The van der Waals surface area contributed by atoms with Crippen LogP contribution in [-0.2, 0) is 4.74 Å². The average molecular weight is 370 g/mol. The normalized spacial score (nSPS) is 10.2. The van der Waals surface area contributed by atoms with Gasteiger partial charge < -0.3 is 20.1 Å². The van der Waals surface area contributed by atoms with Gasteiger partial charge in [0.25, 0.3) is 0 Å². The molecule has 0 aliphatic carbocycles. The molecular formula is C21H26N2O4. The molecule has 6 heteroatoms. The zero-order valence-electron chi connectivity index (χ0n) is 16.2. The predicted octanol–water partition coefficient (Wildman–Crippen LogP) is 3.99. The first-order valence-corrected chi connectivity index (χ1v) is 8.94. The molecule has 0 atom stereocenters. The minimum Gasteiger partial charge on any atom is -0.491 e. The van der Waals surface area contributed by atoms with Crippen molar-refractivity contribution in [3.8, 4) is 5.75 Å². The van der Waals surface area contributed by atoms with Gasteiger partial charge in [-0.1, -0.05) is 29.8 Å². The van der Waals surface area contributed by atoms with Gasteiger partial charge in [0.2, 0.25) is 0 Å². The number of urea groups is 1. The Labute approximate surface area is 159 Å². The first-order chi connectivity index (χ1) is 12.9. The van der Waals surface area contributed by atoms with E-state index in [0.29, 0.717) is 24.4 Å². The maximum absolute atomic E-state index is 12.1. The molecule has 0 aliphatic rings. The third-order valence-corrected chi connectivity index (χ3v) is 3.91. The summed E-state index contributed by atoms with van der Waals surface area (Å²) in [6.45, 7) is 8.73. The van der Waals surface area contributed by atoms with Gasteiger partial charge in [0.1, 0.15) is 12.4 Å². The third-order valence-electron chi connectivity index (χ3n) is 3.91. The van der Waals surface area contributed by atoms with E-state index in [1.807, 2.05) is 20.8 Å². The highest BCUT2D eigenvalue weighted by atomic mass is 16.5. The van der Waals surface area contributed by atoms with Crippen LogP contribution in [0.15, 0.2) is 36.4 Å². The van der Waals surface area contributed by atoms with Crippen LogP contribution in [0.4, 0.5) is 10.5 Å². The van der Waals surface area contributed by atoms with E-state index in [0.717, 1.165) is 16.9 Å². The zero-order chi connectivity index (χ0) is 19.8. The van der Waals surface area contributed by atoms with Crippen molar-refractivity contribution in [1.29, 1.82) is 0 Å². The van der Waals surface area contributed by atoms with Gasteiger partial charge in [-0.05, 0) is 51.0 Å². The summed E-state index contributed by atoms with van der Waals surface area (Å²) >= 11 is 0. The highest BCUT2D eigenvalue weighted by molar-refractivity contribution is 6.00. The minimum absolute atomic E-state index is 0.272. The highest BCUT2D eigenvalue weighted by Gasteiger charge is 2.13. The fourth-order valence-electron chi connectivity index (χ4n) is 2.86. The van der Waals surface area contributed by atoms with E-state index in [4.69, 9.17) is 9.47 Å². The molecule has 2 amide bonds. The lowest BCUT2D eigenvalue weighted by Crippen LogP contribution is -2.32. The second-order valence-electron chi connectivity index (χ2n) is 6.22. The maximum Gasteiger partial charge on any atom is 0.340 e. The molecule has 0 unspecified atom stereocenters. The lowest BCUT2D eigenvalue weighted by molar-refractivity contribution is 0.0527. The maximum atomic E-state index is 12.1. The second kappa shape index (κ2) is 9.62. The first-order valence-electron chi connectivity index (χ1n) is 8.94. The van der Waals surface area contributed by atoms with Crippen LogP contribution in [0, 0.1) is 20.8 Å². The lowest BCUT2D eigenvalue weighted by atomic mass is 10.1. The zero-order valence-corrected chi connectivity index (χ0v) is 16.2. The smallest absolute Gasteiger partial charge is 0.340 e. The predicted molar refractivity (Wildman–Crippen MR) is 106 cm³/mol. The Balaban J connectivity index is 1.87. The van der Waals surface area contributed by atoms with E-state index in [1.54, 1.807) is 31.2 Å². The number of para-hydroxylation sites is 1. The quantitative estimate of drug-likeness (QED) is 0.571. The van der Waals surface area contributed by atoms with Crippen LogP contribution in [0.3, 0.4) is 0 Å². The van der Waals surface area contributed by atoms with Gasteiger partial charge >= 0.3 is 12.0 Å². The van der Waals surface area contributed by atoms with Crippen LogP contribution >= 0.6 is 0 Å². The van der Waals surface area contributed by atoms with E-state index in [2.05, 4.69) is 22.8 Å². The molecule has 0 radical (unpaired) electrons. The minimum atomic E-state index is -0.470. The molecule has 0 saturated carbocycles. The van der Waals surface area contributed by atoms with Crippen molar-refractivity contribution in [2.75, 3.05) is 25.1 Å². The van der Waals surface area contributed by atoms with Crippen molar-refractivity contribution >= 4 is 17.7 Å². The molecule has 0 spiro atoms. The third kappa shape index (κ3) is 5.74. The van der Waals surface area contributed by atoms with E-state index >= 15 is 0 Å². The summed E-state index contributed by atoms with van der Waals surface area (Å²) < 4.78 is 10.8. The van der Waals surface area contributed by atoms with Gasteiger partial charge in [-0.15, -0.1) is 0 Å². The molecule has 0 heterocycles. The fraction of sp³-hybridized carbons (Fsp3) is 0.333. The number of nitrogens with one attached hydrogen (secondary N) is 2. The summed E-state index contributed by atoms with van der Waals surface area (Å²) in [6, 6.07) is 10.4. The monoisotopic (exact) mass is 370 g/mol. The molecule has 2 aromatic rings. The summed E-state index contributed by atoms with van der Waals surface area (Å²) in [5.41, 5.74) is 4.05. The summed E-state index contributed by atoms with van der Waals surface area (Å²) in [5, 5.41) is 5.39. The van der Waals surface area contributed by atoms with Crippen LogP contribution in [0.5, 0.6) is 5.75 Å². The standard InChI is InChI=1S/C21H26N2O4/c1-5-26-20(24)17-8-6-7-9-18(17)23-21(25)22-10-11-27-19-15(3)12-14(2)13-16(19)4/h6-9,12-13H,5,10-11H2,1-4H3,(H2,22,23,25). The van der Waals surface area contributed by atoms with Gasteiger partial charge in [-0.25, -0.2) is 9.59 Å². The van der Waals surface area contributed by atoms with Crippen molar-refractivity contribution in [2.45, 2.75) is 27.7 Å². The number of carbonyl (C=O) groups is 2. The SMILES string of the molecule is CCOC(=O)c1ccccc1NC(=O)NCCOc1c(C)cc(C)cc1C. The van der Waals surface area contributed by atoms with Crippen molar-refractivity contribution in [1.82, 2.24) is 5.32 Å². The number of carbonyl (C=O) groups excluding carboxylic acids is 2. The van der Waals surface area contributed by atoms with Crippen molar-refractivity contribution < 1.29 is 19.1 Å². The van der Waals surface area contributed by atoms with Gasteiger partial charge in [-0.3, -0.25) is 0 Å². The number of amides is 2. The summed E-state index contributed by atoms with van der Waals surface area (Å²) in [5.74, 6) is 0.373. The van der Waals surface area contributed by atoms with Crippen LogP contribution in [-0.4, -0.2) is 31.8 Å². The number of hydrogen-bond donors (Lipinski definition) is 2. The Hall–Kier alpha value is -3.02. The van der Waals surface area contributed by atoms with E-state index < -0.39 is 12.0 Å². The molecule has 6 nitrogen and oxygen atoms in total.